The third kappa shape index (κ3) is 3.92. The molecule has 0 saturated carbocycles. The molecule has 1 aromatic rings. The average Bonchev–Trinajstić information content (AvgIpc) is 2.15. The predicted octanol–water partition coefficient (Wildman–Crippen LogP) is -0.732. The van der Waals surface area contributed by atoms with Crippen LogP contribution in [0.4, 0.5) is 12.9 Å². The van der Waals surface area contributed by atoms with E-state index in [1.54, 1.807) is 0 Å². The number of carbonyl (C=O) groups is 1. The smallest absolute Gasteiger partial charge is 0.496 e. The number of hydrogen-bond acceptors (Lipinski definition) is 2. The van der Waals surface area contributed by atoms with Crippen LogP contribution >= 0.6 is 0 Å². The van der Waals surface area contributed by atoms with Crippen molar-refractivity contribution in [1.82, 2.24) is 0 Å². The molecule has 0 aliphatic heterocycles. The van der Waals surface area contributed by atoms with Crippen molar-refractivity contribution in [2.45, 2.75) is 0 Å². The van der Waals surface area contributed by atoms with E-state index < -0.39 is 18.2 Å². The summed E-state index contributed by atoms with van der Waals surface area (Å²) in [6, 6.07) is 5.27. The molecule has 1 aromatic carbocycles. The number of methoxy groups -OCH3 is 1. The summed E-state index contributed by atoms with van der Waals surface area (Å²) in [6.45, 7) is -5.50. The molecular formula is C8H7BF3KO2. The fourth-order valence-electron chi connectivity index (χ4n) is 1.02. The summed E-state index contributed by atoms with van der Waals surface area (Å²) in [5.74, 6) is -0.0586. The van der Waals surface area contributed by atoms with Gasteiger partial charge in [0.25, 0.3) is 0 Å². The monoisotopic (exact) mass is 242 g/mol. The second kappa shape index (κ2) is 6.05. The molecule has 0 amide bonds. The fraction of sp³-hybridized carbons (Fsp3) is 0.125. The van der Waals surface area contributed by atoms with E-state index >= 15 is 0 Å². The molecule has 76 valence electrons. The van der Waals surface area contributed by atoms with Crippen molar-refractivity contribution < 1.29 is 73.9 Å². The Morgan fingerprint density at radius 2 is 1.80 bits per heavy atom. The molecule has 0 N–H and O–H groups in total. The predicted molar refractivity (Wildman–Crippen MR) is 46.4 cm³/mol. The Hall–Kier alpha value is 0.181. The number of halogens is 3. The molecule has 0 aliphatic rings. The molecular weight excluding hydrogens is 235 g/mol. The summed E-state index contributed by atoms with van der Waals surface area (Å²) in [4.78, 5) is 10.9. The Kier molecular flexibility index (Phi) is 6.12. The Balaban J connectivity index is 0.00000196. The normalized spacial score (nSPS) is 10.4. The molecule has 0 saturated heterocycles. The van der Waals surface area contributed by atoms with E-state index in [0.717, 1.165) is 6.07 Å². The Labute approximate surface area is 128 Å². The molecule has 2 nitrogen and oxygen atoms in total. The third-order valence-corrected chi connectivity index (χ3v) is 1.67. The first-order valence-electron chi connectivity index (χ1n) is 3.84. The van der Waals surface area contributed by atoms with Crippen LogP contribution in [0.2, 0.25) is 0 Å². The zero-order chi connectivity index (χ0) is 10.8. The number of para-hydroxylation sites is 1. The molecule has 0 atom stereocenters. The summed E-state index contributed by atoms with van der Waals surface area (Å²) in [5.41, 5.74) is -2.27. The Bertz CT molecular complexity index is 354. The van der Waals surface area contributed by atoms with Gasteiger partial charge in [0, 0.05) is 5.56 Å². The van der Waals surface area contributed by atoms with E-state index in [1.165, 1.54) is 25.3 Å². The van der Waals surface area contributed by atoms with Crippen LogP contribution in [-0.2, 0) is 0 Å². The van der Waals surface area contributed by atoms with Crippen LogP contribution in [0.15, 0.2) is 24.3 Å². The Morgan fingerprint density at radius 3 is 2.27 bits per heavy atom. The van der Waals surface area contributed by atoms with Gasteiger partial charge in [0.1, 0.15) is 11.4 Å². The zero-order valence-corrected chi connectivity index (χ0v) is 11.5. The van der Waals surface area contributed by atoms with Gasteiger partial charge in [-0.25, -0.2) is 0 Å². The van der Waals surface area contributed by atoms with Gasteiger partial charge in [-0.05, 0) is 6.07 Å². The number of ether oxygens (including phenoxy) is 1. The first-order valence-corrected chi connectivity index (χ1v) is 3.84. The van der Waals surface area contributed by atoms with Gasteiger partial charge in [-0.2, -0.15) is 0 Å². The van der Waals surface area contributed by atoms with Crippen molar-refractivity contribution in [2.75, 3.05) is 7.11 Å². The van der Waals surface area contributed by atoms with Crippen LogP contribution in [0.3, 0.4) is 0 Å². The summed E-state index contributed by atoms with van der Waals surface area (Å²) >= 11 is 0. The molecule has 0 aliphatic carbocycles. The van der Waals surface area contributed by atoms with Gasteiger partial charge in [-0.3, -0.25) is 0 Å². The SMILES string of the molecule is COc1ccccc1C(=O)[B-](F)(F)F.[K+]. The number of rotatable bonds is 3. The number of benzene rings is 1. The molecule has 1 rings (SSSR count). The van der Waals surface area contributed by atoms with Crippen LogP contribution in [-0.4, -0.2) is 19.8 Å². The van der Waals surface area contributed by atoms with Gasteiger partial charge >= 0.3 is 58.4 Å². The van der Waals surface area contributed by atoms with Gasteiger partial charge in [-0.15, -0.1) is 0 Å². The topological polar surface area (TPSA) is 26.3 Å². The van der Waals surface area contributed by atoms with E-state index in [4.69, 9.17) is 0 Å². The van der Waals surface area contributed by atoms with Crippen LogP contribution in [0, 0.1) is 0 Å². The molecule has 15 heavy (non-hydrogen) atoms. The molecule has 0 spiro atoms. The van der Waals surface area contributed by atoms with Gasteiger partial charge in [0.2, 0.25) is 0 Å². The van der Waals surface area contributed by atoms with Gasteiger partial charge in [-0.1, -0.05) is 18.2 Å². The summed E-state index contributed by atoms with van der Waals surface area (Å²) in [6.07, 6.45) is 0. The quantitative estimate of drug-likeness (QED) is 0.653. The minimum Gasteiger partial charge on any atom is -0.496 e. The van der Waals surface area contributed by atoms with E-state index in [-0.39, 0.29) is 57.1 Å². The van der Waals surface area contributed by atoms with Crippen molar-refractivity contribution in [3.05, 3.63) is 29.8 Å². The molecule has 0 fully saturated rings. The number of hydrogen-bond donors (Lipinski definition) is 0. The van der Waals surface area contributed by atoms with Crippen molar-refractivity contribution in [3.8, 4) is 5.75 Å². The molecule has 0 bridgehead atoms. The van der Waals surface area contributed by atoms with Crippen LogP contribution in [0.1, 0.15) is 10.4 Å². The largest absolute Gasteiger partial charge is 1.00 e. The van der Waals surface area contributed by atoms with E-state index in [9.17, 15) is 17.7 Å². The maximum atomic E-state index is 12.1. The van der Waals surface area contributed by atoms with Crippen molar-refractivity contribution in [3.63, 3.8) is 0 Å². The molecule has 0 radical (unpaired) electrons. The van der Waals surface area contributed by atoms with Crippen molar-refractivity contribution in [2.24, 2.45) is 0 Å². The standard InChI is InChI=1S/C8H7BF3O2.K/c1-14-7-5-3-2-4-6(7)8(13)9(10,11)12;/h2-5H,1H3;/q-1;+1. The Morgan fingerprint density at radius 1 is 1.27 bits per heavy atom. The first-order chi connectivity index (χ1) is 6.46. The van der Waals surface area contributed by atoms with E-state index in [0.29, 0.717) is 0 Å². The second-order valence-corrected chi connectivity index (χ2v) is 2.64. The van der Waals surface area contributed by atoms with Crippen molar-refractivity contribution >= 4 is 12.7 Å². The van der Waals surface area contributed by atoms with Gasteiger partial charge in [0.05, 0.1) is 7.11 Å². The summed E-state index contributed by atoms with van der Waals surface area (Å²) in [5, 5.41) is 0. The summed E-state index contributed by atoms with van der Waals surface area (Å²) < 4.78 is 41.0. The average molecular weight is 242 g/mol. The molecule has 7 heteroatoms. The van der Waals surface area contributed by atoms with Crippen LogP contribution < -0.4 is 56.1 Å². The molecule has 0 heterocycles. The summed E-state index contributed by atoms with van der Waals surface area (Å²) in [7, 11) is 1.22. The fourth-order valence-corrected chi connectivity index (χ4v) is 1.02. The molecule has 0 unspecified atom stereocenters. The minimum atomic E-state index is -5.50. The van der Waals surface area contributed by atoms with Gasteiger partial charge < -0.3 is 22.5 Å². The van der Waals surface area contributed by atoms with Crippen LogP contribution in [0.5, 0.6) is 5.75 Å². The minimum absolute atomic E-state index is 0. The maximum absolute atomic E-state index is 12.1. The van der Waals surface area contributed by atoms with E-state index in [2.05, 4.69) is 4.74 Å². The molecule has 0 aromatic heterocycles. The van der Waals surface area contributed by atoms with E-state index in [1.807, 2.05) is 0 Å². The number of carbonyl (C=O) groups excluding carboxylic acids is 1. The second-order valence-electron chi connectivity index (χ2n) is 2.64. The third-order valence-electron chi connectivity index (χ3n) is 1.67. The zero-order valence-electron chi connectivity index (χ0n) is 8.34. The first kappa shape index (κ1) is 15.2. The van der Waals surface area contributed by atoms with Crippen LogP contribution in [0.25, 0.3) is 0 Å². The maximum Gasteiger partial charge on any atom is 1.00 e. The van der Waals surface area contributed by atoms with Crippen molar-refractivity contribution in [1.29, 1.82) is 0 Å². The van der Waals surface area contributed by atoms with Gasteiger partial charge in [0.15, 0.2) is 0 Å².